The Morgan fingerprint density at radius 1 is 1.29 bits per heavy atom. The molecule has 0 spiro atoms. The molecule has 1 rings (SSSR count). The van der Waals surface area contributed by atoms with Crippen molar-refractivity contribution in [2.75, 3.05) is 17.1 Å². The van der Waals surface area contributed by atoms with E-state index >= 15 is 0 Å². The lowest BCUT2D eigenvalue weighted by molar-refractivity contribution is -0.122. The minimum Gasteiger partial charge on any atom is -0.353 e. The van der Waals surface area contributed by atoms with Crippen LogP contribution in [0.1, 0.15) is 39.2 Å². The van der Waals surface area contributed by atoms with E-state index in [4.69, 9.17) is 11.6 Å². The Bertz CT molecular complexity index is 674. The Hall–Kier alpha value is -1.27. The summed E-state index contributed by atoms with van der Waals surface area (Å²) in [6, 6.07) is 5.27. The minimum atomic E-state index is -3.45. The van der Waals surface area contributed by atoms with Gasteiger partial charge in [0.2, 0.25) is 15.9 Å². The number of rotatable bonds is 8. The summed E-state index contributed by atoms with van der Waals surface area (Å²) < 4.78 is 25.6. The van der Waals surface area contributed by atoms with Crippen LogP contribution in [0.15, 0.2) is 18.2 Å². The smallest absolute Gasteiger partial charge is 0.232 e. The first-order chi connectivity index (χ1) is 11.0. The fourth-order valence-corrected chi connectivity index (χ4v) is 3.39. The molecule has 1 amide bonds. The Morgan fingerprint density at radius 3 is 2.46 bits per heavy atom. The molecule has 1 aromatic carbocycles. The largest absolute Gasteiger partial charge is 0.353 e. The molecule has 0 aliphatic heterocycles. The first-order valence-corrected chi connectivity index (χ1v) is 10.3. The van der Waals surface area contributed by atoms with Gasteiger partial charge >= 0.3 is 0 Å². The van der Waals surface area contributed by atoms with Gasteiger partial charge in [-0.15, -0.1) is 0 Å². The summed E-state index contributed by atoms with van der Waals surface area (Å²) in [6.45, 7) is 8.06. The summed E-state index contributed by atoms with van der Waals surface area (Å²) >= 11 is 6.09. The van der Waals surface area contributed by atoms with Crippen LogP contribution in [0.2, 0.25) is 5.02 Å². The summed E-state index contributed by atoms with van der Waals surface area (Å²) in [4.78, 5) is 11.9. The van der Waals surface area contributed by atoms with Gasteiger partial charge in [-0.2, -0.15) is 0 Å². The normalized spacial score (nSPS) is 13.0. The molecule has 0 aliphatic carbocycles. The lowest BCUT2D eigenvalue weighted by Gasteiger charge is -2.24. The van der Waals surface area contributed by atoms with Crippen LogP contribution in [0.5, 0.6) is 0 Å². The maximum absolute atomic E-state index is 12.1. The van der Waals surface area contributed by atoms with Crippen molar-refractivity contribution in [3.05, 3.63) is 28.8 Å². The average Bonchev–Trinajstić information content (AvgIpc) is 2.45. The zero-order valence-corrected chi connectivity index (χ0v) is 16.5. The quantitative estimate of drug-likeness (QED) is 0.758. The van der Waals surface area contributed by atoms with Crippen molar-refractivity contribution in [3.63, 3.8) is 0 Å². The van der Waals surface area contributed by atoms with E-state index in [2.05, 4.69) is 5.32 Å². The molecule has 1 atom stereocenters. The summed E-state index contributed by atoms with van der Waals surface area (Å²) in [6.07, 6.45) is 1.88. The lowest BCUT2D eigenvalue weighted by Crippen LogP contribution is -2.37. The van der Waals surface area contributed by atoms with E-state index in [9.17, 15) is 13.2 Å². The lowest BCUT2D eigenvalue weighted by atomic mass is 10.1. The summed E-state index contributed by atoms with van der Waals surface area (Å²) in [5.74, 6) is 0.294. The second kappa shape index (κ2) is 8.72. The van der Waals surface area contributed by atoms with Gasteiger partial charge in [0.15, 0.2) is 0 Å². The van der Waals surface area contributed by atoms with Gasteiger partial charge in [-0.1, -0.05) is 31.5 Å². The van der Waals surface area contributed by atoms with E-state index in [0.29, 0.717) is 28.6 Å². The maximum Gasteiger partial charge on any atom is 0.232 e. The number of sulfonamides is 1. The van der Waals surface area contributed by atoms with Crippen LogP contribution < -0.4 is 9.62 Å². The van der Waals surface area contributed by atoms with E-state index in [1.165, 1.54) is 4.31 Å². The SMILES string of the molecule is Cc1c(Cl)cccc1N(CCCC(=O)N[C@@H](C)C(C)C)S(C)(=O)=O. The zero-order chi connectivity index (χ0) is 18.5. The number of nitrogens with zero attached hydrogens (tertiary/aromatic N) is 1. The van der Waals surface area contributed by atoms with Crippen molar-refractivity contribution < 1.29 is 13.2 Å². The van der Waals surface area contributed by atoms with Gasteiger partial charge in [-0.05, 0) is 43.9 Å². The molecule has 0 saturated heterocycles. The molecule has 0 unspecified atom stereocenters. The third kappa shape index (κ3) is 5.98. The minimum absolute atomic E-state index is 0.0625. The van der Waals surface area contributed by atoms with Gasteiger partial charge in [0.25, 0.3) is 0 Å². The number of amides is 1. The van der Waals surface area contributed by atoms with Crippen LogP contribution in [0, 0.1) is 12.8 Å². The molecule has 24 heavy (non-hydrogen) atoms. The maximum atomic E-state index is 12.1. The van der Waals surface area contributed by atoms with Crippen molar-refractivity contribution >= 4 is 33.2 Å². The van der Waals surface area contributed by atoms with Gasteiger partial charge in [0.1, 0.15) is 0 Å². The van der Waals surface area contributed by atoms with Gasteiger partial charge in [-0.3, -0.25) is 9.10 Å². The number of hydrogen-bond acceptors (Lipinski definition) is 3. The standard InChI is InChI=1S/C17H27ClN2O3S/c1-12(2)14(4)19-17(21)10-7-11-20(24(5,22)23)16-9-6-8-15(18)13(16)3/h6,8-9,12,14H,7,10-11H2,1-5H3,(H,19,21)/t14-/m0/s1. The molecule has 0 bridgehead atoms. The monoisotopic (exact) mass is 374 g/mol. The number of carbonyl (C=O) groups excluding carboxylic acids is 1. The van der Waals surface area contributed by atoms with Crippen LogP contribution in [0.3, 0.4) is 0 Å². The highest BCUT2D eigenvalue weighted by Gasteiger charge is 2.20. The fourth-order valence-electron chi connectivity index (χ4n) is 2.21. The van der Waals surface area contributed by atoms with Crippen LogP contribution in [0.25, 0.3) is 0 Å². The Morgan fingerprint density at radius 2 is 1.92 bits per heavy atom. The number of hydrogen-bond donors (Lipinski definition) is 1. The molecule has 5 nitrogen and oxygen atoms in total. The van der Waals surface area contributed by atoms with Crippen LogP contribution in [0.4, 0.5) is 5.69 Å². The van der Waals surface area contributed by atoms with E-state index in [1.807, 2.05) is 20.8 Å². The first kappa shape index (κ1) is 20.8. The second-order valence-electron chi connectivity index (χ2n) is 6.42. The fraction of sp³-hybridized carbons (Fsp3) is 0.588. The summed E-state index contributed by atoms with van der Waals surface area (Å²) in [5, 5.41) is 3.44. The molecule has 1 N–H and O–H groups in total. The van der Waals surface area contributed by atoms with E-state index < -0.39 is 10.0 Å². The third-order valence-electron chi connectivity index (χ3n) is 4.06. The van der Waals surface area contributed by atoms with Crippen molar-refractivity contribution in [1.29, 1.82) is 0 Å². The average molecular weight is 375 g/mol. The van der Waals surface area contributed by atoms with Crippen LogP contribution in [-0.2, 0) is 14.8 Å². The molecule has 1 aromatic rings. The van der Waals surface area contributed by atoms with E-state index in [0.717, 1.165) is 6.26 Å². The predicted octanol–water partition coefficient (Wildman–Crippen LogP) is 3.36. The van der Waals surface area contributed by atoms with Crippen LogP contribution in [-0.4, -0.2) is 33.2 Å². The molecule has 0 fully saturated rings. The highest BCUT2D eigenvalue weighted by atomic mass is 35.5. The van der Waals surface area contributed by atoms with Gasteiger partial charge in [0.05, 0.1) is 11.9 Å². The number of nitrogens with one attached hydrogen (secondary N) is 1. The number of halogens is 1. The van der Waals surface area contributed by atoms with Gasteiger partial charge in [-0.25, -0.2) is 8.42 Å². The Kier molecular flexibility index (Phi) is 7.55. The molecule has 136 valence electrons. The summed E-state index contributed by atoms with van der Waals surface area (Å²) in [7, 11) is -3.45. The molecule has 0 aliphatic rings. The summed E-state index contributed by atoms with van der Waals surface area (Å²) in [5.41, 5.74) is 1.27. The first-order valence-electron chi connectivity index (χ1n) is 8.06. The highest BCUT2D eigenvalue weighted by molar-refractivity contribution is 7.92. The molecular formula is C17H27ClN2O3S. The van der Waals surface area contributed by atoms with E-state index in [1.54, 1.807) is 25.1 Å². The van der Waals surface area contributed by atoms with Gasteiger partial charge in [0, 0.05) is 24.0 Å². The number of benzene rings is 1. The third-order valence-corrected chi connectivity index (χ3v) is 5.65. The second-order valence-corrected chi connectivity index (χ2v) is 8.74. The number of carbonyl (C=O) groups is 1. The molecule has 0 heterocycles. The molecule has 0 saturated carbocycles. The predicted molar refractivity (Wildman–Crippen MR) is 100 cm³/mol. The number of anilines is 1. The molecule has 0 aromatic heterocycles. The van der Waals surface area contributed by atoms with Crippen molar-refractivity contribution in [3.8, 4) is 0 Å². The van der Waals surface area contributed by atoms with Gasteiger partial charge < -0.3 is 5.32 Å². The van der Waals surface area contributed by atoms with Crippen molar-refractivity contribution in [2.24, 2.45) is 5.92 Å². The van der Waals surface area contributed by atoms with E-state index in [-0.39, 0.29) is 24.9 Å². The Balaban J connectivity index is 2.77. The highest BCUT2D eigenvalue weighted by Crippen LogP contribution is 2.28. The van der Waals surface area contributed by atoms with Crippen LogP contribution >= 0.6 is 11.6 Å². The zero-order valence-electron chi connectivity index (χ0n) is 15.0. The molecule has 0 radical (unpaired) electrons. The van der Waals surface area contributed by atoms with Crippen molar-refractivity contribution in [2.45, 2.75) is 46.6 Å². The van der Waals surface area contributed by atoms with Crippen molar-refractivity contribution in [1.82, 2.24) is 5.32 Å². The topological polar surface area (TPSA) is 66.5 Å². The Labute approximate surface area is 150 Å². The molecule has 7 heteroatoms. The molecular weight excluding hydrogens is 348 g/mol.